The Hall–Kier alpha value is -1.88. The van der Waals surface area contributed by atoms with E-state index < -0.39 is 6.03 Å². The minimum Gasteiger partial charge on any atom is -0.338 e. The van der Waals surface area contributed by atoms with Gasteiger partial charge >= 0.3 is 6.03 Å². The van der Waals surface area contributed by atoms with Crippen molar-refractivity contribution in [1.82, 2.24) is 16.0 Å². The van der Waals surface area contributed by atoms with E-state index in [1.165, 1.54) is 24.8 Å². The Kier molecular flexibility index (Phi) is 5.75. The summed E-state index contributed by atoms with van der Waals surface area (Å²) >= 11 is 0. The van der Waals surface area contributed by atoms with Gasteiger partial charge in [-0.2, -0.15) is 0 Å². The van der Waals surface area contributed by atoms with Crippen molar-refractivity contribution in [2.75, 3.05) is 13.1 Å². The summed E-state index contributed by atoms with van der Waals surface area (Å²) in [5.41, 5.74) is 1.20. The predicted molar refractivity (Wildman–Crippen MR) is 81.7 cm³/mol. The number of urea groups is 1. The quantitative estimate of drug-likeness (QED) is 0.750. The molecule has 0 heterocycles. The number of nitrogens with one attached hydrogen (secondary N) is 3. The molecule has 2 rings (SSSR count). The molecule has 1 atom stereocenters. The maximum Gasteiger partial charge on any atom is 0.321 e. The Bertz CT molecular complexity index is 472. The summed E-state index contributed by atoms with van der Waals surface area (Å²) in [4.78, 5) is 23.1. The fraction of sp³-hybridized carbons (Fsp3) is 0.500. The van der Waals surface area contributed by atoms with E-state index in [4.69, 9.17) is 0 Å². The van der Waals surface area contributed by atoms with Crippen LogP contribution in [0, 0.1) is 5.92 Å². The first-order valence-corrected chi connectivity index (χ1v) is 7.56. The zero-order valence-corrected chi connectivity index (χ0v) is 12.4. The summed E-state index contributed by atoms with van der Waals surface area (Å²) in [7, 11) is 0. The molecule has 5 nitrogen and oxygen atoms in total. The second-order valence-electron chi connectivity index (χ2n) is 5.37. The maximum atomic E-state index is 11.8. The number of carbonyl (C=O) groups excluding carboxylic acids is 2. The highest BCUT2D eigenvalue weighted by Crippen LogP contribution is 2.37. The van der Waals surface area contributed by atoms with E-state index in [2.05, 4.69) is 28.1 Å². The van der Waals surface area contributed by atoms with Gasteiger partial charge in [-0.05, 0) is 31.2 Å². The van der Waals surface area contributed by atoms with Crippen molar-refractivity contribution >= 4 is 11.9 Å². The summed E-state index contributed by atoms with van der Waals surface area (Å²) < 4.78 is 0. The molecule has 3 amide bonds. The zero-order valence-electron chi connectivity index (χ0n) is 12.4. The predicted octanol–water partition coefficient (Wildman–Crippen LogP) is 1.96. The molecule has 0 aliphatic heterocycles. The normalized spacial score (nSPS) is 15.9. The van der Waals surface area contributed by atoms with Crippen LogP contribution < -0.4 is 16.0 Å². The first kappa shape index (κ1) is 15.5. The Balaban J connectivity index is 1.88. The van der Waals surface area contributed by atoms with Crippen molar-refractivity contribution in [3.05, 3.63) is 35.9 Å². The van der Waals surface area contributed by atoms with E-state index in [9.17, 15) is 9.59 Å². The molecule has 21 heavy (non-hydrogen) atoms. The minimum absolute atomic E-state index is 0.146. The van der Waals surface area contributed by atoms with Gasteiger partial charge in [0.2, 0.25) is 5.91 Å². The van der Waals surface area contributed by atoms with E-state index in [-0.39, 0.29) is 18.5 Å². The van der Waals surface area contributed by atoms with Crippen LogP contribution in [0.5, 0.6) is 0 Å². The second kappa shape index (κ2) is 7.78. The molecule has 1 aromatic rings. The molecule has 0 bridgehead atoms. The number of hydrogen-bond donors (Lipinski definition) is 3. The Morgan fingerprint density at radius 1 is 1.24 bits per heavy atom. The third-order valence-corrected chi connectivity index (χ3v) is 3.85. The molecule has 1 saturated carbocycles. The van der Waals surface area contributed by atoms with Gasteiger partial charge in [0.15, 0.2) is 0 Å². The molecule has 1 unspecified atom stereocenters. The lowest BCUT2D eigenvalue weighted by Crippen LogP contribution is -2.45. The molecular formula is C16H23N3O2. The van der Waals surface area contributed by atoms with E-state index >= 15 is 0 Å². The lowest BCUT2D eigenvalue weighted by atomic mass is 9.77. The number of rotatable bonds is 6. The molecule has 5 heteroatoms. The van der Waals surface area contributed by atoms with Crippen molar-refractivity contribution in [3.8, 4) is 0 Å². The van der Waals surface area contributed by atoms with Crippen LogP contribution in [-0.4, -0.2) is 25.0 Å². The fourth-order valence-corrected chi connectivity index (χ4v) is 2.57. The van der Waals surface area contributed by atoms with Crippen molar-refractivity contribution in [1.29, 1.82) is 0 Å². The summed E-state index contributed by atoms with van der Waals surface area (Å²) in [5.74, 6) is 0.269. The van der Waals surface area contributed by atoms with Crippen LogP contribution in [-0.2, 0) is 4.79 Å². The van der Waals surface area contributed by atoms with Crippen LogP contribution in [0.1, 0.15) is 37.8 Å². The summed E-state index contributed by atoms with van der Waals surface area (Å²) in [6, 6.07) is 9.91. The van der Waals surface area contributed by atoms with Crippen LogP contribution in [0.2, 0.25) is 0 Å². The van der Waals surface area contributed by atoms with Crippen molar-refractivity contribution < 1.29 is 9.59 Å². The Labute approximate surface area is 125 Å². The van der Waals surface area contributed by atoms with Gasteiger partial charge in [-0.3, -0.25) is 10.1 Å². The van der Waals surface area contributed by atoms with E-state index in [0.717, 1.165) is 0 Å². The number of imide groups is 1. The van der Waals surface area contributed by atoms with Gasteiger partial charge in [0, 0.05) is 12.6 Å². The van der Waals surface area contributed by atoms with Gasteiger partial charge in [0.05, 0.1) is 6.54 Å². The topological polar surface area (TPSA) is 70.2 Å². The highest BCUT2D eigenvalue weighted by molar-refractivity contribution is 5.95. The van der Waals surface area contributed by atoms with Crippen LogP contribution in [0.4, 0.5) is 4.79 Å². The molecule has 1 aromatic carbocycles. The van der Waals surface area contributed by atoms with Gasteiger partial charge in [0.1, 0.15) is 0 Å². The fourth-order valence-electron chi connectivity index (χ4n) is 2.57. The van der Waals surface area contributed by atoms with Gasteiger partial charge in [0.25, 0.3) is 0 Å². The molecule has 0 spiro atoms. The molecule has 0 aromatic heterocycles. The van der Waals surface area contributed by atoms with Crippen molar-refractivity contribution in [2.24, 2.45) is 5.92 Å². The van der Waals surface area contributed by atoms with Crippen molar-refractivity contribution in [3.63, 3.8) is 0 Å². The molecule has 1 fully saturated rings. The number of benzene rings is 1. The van der Waals surface area contributed by atoms with Gasteiger partial charge in [-0.25, -0.2) is 4.79 Å². The second-order valence-corrected chi connectivity index (χ2v) is 5.37. The first-order valence-electron chi connectivity index (χ1n) is 7.56. The monoisotopic (exact) mass is 289 g/mol. The molecule has 1 aliphatic carbocycles. The molecule has 114 valence electrons. The summed E-state index contributed by atoms with van der Waals surface area (Å²) in [6.07, 6.45) is 3.62. The highest BCUT2D eigenvalue weighted by Gasteiger charge is 2.28. The molecule has 0 saturated heterocycles. The standard InChI is InChI=1S/C16H23N3O2/c1-2-17-16(21)19-14(20)11-18-15(13-9-6-10-13)12-7-4-3-5-8-12/h3-5,7-8,13,15,18H,2,6,9-11H2,1H3,(H2,17,19,20,21). The average Bonchev–Trinajstić information content (AvgIpc) is 2.42. The van der Waals surface area contributed by atoms with Gasteiger partial charge in [-0.1, -0.05) is 36.8 Å². The molecule has 1 aliphatic rings. The SMILES string of the molecule is CCNC(=O)NC(=O)CNC(c1ccccc1)C1CCC1. The zero-order chi connectivity index (χ0) is 15.1. The smallest absolute Gasteiger partial charge is 0.321 e. The lowest BCUT2D eigenvalue weighted by Gasteiger charge is -2.34. The Morgan fingerprint density at radius 2 is 1.95 bits per heavy atom. The number of carbonyl (C=O) groups is 2. The third kappa shape index (κ3) is 4.56. The van der Waals surface area contributed by atoms with Gasteiger partial charge < -0.3 is 10.6 Å². The molecule has 0 radical (unpaired) electrons. The van der Waals surface area contributed by atoms with E-state index in [0.29, 0.717) is 12.5 Å². The lowest BCUT2D eigenvalue weighted by molar-refractivity contribution is -0.119. The summed E-state index contributed by atoms with van der Waals surface area (Å²) in [5, 5.41) is 8.15. The van der Waals surface area contributed by atoms with E-state index in [1.54, 1.807) is 0 Å². The number of amides is 3. The summed E-state index contributed by atoms with van der Waals surface area (Å²) in [6.45, 7) is 2.46. The average molecular weight is 289 g/mol. The van der Waals surface area contributed by atoms with E-state index in [1.807, 2.05) is 25.1 Å². The first-order chi connectivity index (χ1) is 10.2. The van der Waals surface area contributed by atoms with Crippen LogP contribution in [0.3, 0.4) is 0 Å². The molecule has 3 N–H and O–H groups in total. The largest absolute Gasteiger partial charge is 0.338 e. The van der Waals surface area contributed by atoms with Crippen molar-refractivity contribution in [2.45, 2.75) is 32.2 Å². The van der Waals surface area contributed by atoms with Gasteiger partial charge in [-0.15, -0.1) is 0 Å². The third-order valence-electron chi connectivity index (χ3n) is 3.85. The number of hydrogen-bond acceptors (Lipinski definition) is 3. The molecular weight excluding hydrogens is 266 g/mol. The van der Waals surface area contributed by atoms with Crippen LogP contribution >= 0.6 is 0 Å². The minimum atomic E-state index is -0.441. The maximum absolute atomic E-state index is 11.8. The highest BCUT2D eigenvalue weighted by atomic mass is 16.2. The van der Waals surface area contributed by atoms with Crippen LogP contribution in [0.25, 0.3) is 0 Å². The van der Waals surface area contributed by atoms with Crippen LogP contribution in [0.15, 0.2) is 30.3 Å². The Morgan fingerprint density at radius 3 is 2.52 bits per heavy atom.